The first-order valence-corrected chi connectivity index (χ1v) is 16.1. The lowest BCUT2D eigenvalue weighted by Crippen LogP contribution is -2.38. The van der Waals surface area contributed by atoms with E-state index in [1.165, 1.54) is 135 Å². The van der Waals surface area contributed by atoms with Crippen molar-refractivity contribution in [3.05, 3.63) is 0 Å². The van der Waals surface area contributed by atoms with Crippen molar-refractivity contribution in [2.75, 3.05) is 6.54 Å². The van der Waals surface area contributed by atoms with Gasteiger partial charge in [0.25, 0.3) is 5.91 Å². The summed E-state index contributed by atoms with van der Waals surface area (Å²) in [6.45, 7) is 6.60. The molecule has 1 unspecified atom stereocenters. The van der Waals surface area contributed by atoms with Gasteiger partial charge in [-0.3, -0.25) is 9.59 Å². The van der Waals surface area contributed by atoms with Gasteiger partial charge in [-0.25, -0.2) is 0 Å². The predicted octanol–water partition coefficient (Wildman–Crippen LogP) is 9.83. The van der Waals surface area contributed by atoms with Gasteiger partial charge >= 0.3 is 5.97 Å². The molecule has 0 aromatic heterocycles. The molecule has 36 heavy (non-hydrogen) atoms. The Labute approximate surface area is 225 Å². The Morgan fingerprint density at radius 3 is 1.22 bits per heavy atom. The molecule has 0 aliphatic rings. The second-order valence-electron chi connectivity index (χ2n) is 11.0. The van der Waals surface area contributed by atoms with E-state index in [1.807, 2.05) is 0 Å². The summed E-state index contributed by atoms with van der Waals surface area (Å²) in [6, 6.07) is 0. The first-order valence-electron chi connectivity index (χ1n) is 16.1. The standard InChI is InChI=1S/C32H63NO3/c1-4-6-8-10-12-14-15-16-17-18-19-20-21-23-25-27-29-33-32(35)31(36-30(3)34)28-26-24-22-13-11-9-7-5-2/h31H,4-29H2,1-3H3,(H,33,35). The molecule has 4 nitrogen and oxygen atoms in total. The lowest BCUT2D eigenvalue weighted by molar-refractivity contribution is -0.154. The second-order valence-corrected chi connectivity index (χ2v) is 11.0. The number of hydrogen-bond donors (Lipinski definition) is 1. The molecule has 214 valence electrons. The van der Waals surface area contributed by atoms with Crippen LogP contribution in [0.3, 0.4) is 0 Å². The third-order valence-electron chi connectivity index (χ3n) is 7.25. The highest BCUT2D eigenvalue weighted by Crippen LogP contribution is 2.14. The Morgan fingerprint density at radius 1 is 0.528 bits per heavy atom. The number of amides is 1. The van der Waals surface area contributed by atoms with Crippen LogP contribution in [0.25, 0.3) is 0 Å². The van der Waals surface area contributed by atoms with Crippen molar-refractivity contribution >= 4 is 11.9 Å². The van der Waals surface area contributed by atoms with Crippen LogP contribution < -0.4 is 5.32 Å². The van der Waals surface area contributed by atoms with Crippen molar-refractivity contribution in [2.45, 2.75) is 187 Å². The minimum absolute atomic E-state index is 0.117. The maximum absolute atomic E-state index is 12.5. The molecular formula is C32H63NO3. The zero-order chi connectivity index (χ0) is 26.5. The van der Waals surface area contributed by atoms with Crippen LogP contribution in [0.1, 0.15) is 181 Å². The summed E-state index contributed by atoms with van der Waals surface area (Å²) >= 11 is 0. The highest BCUT2D eigenvalue weighted by atomic mass is 16.5. The fraction of sp³-hybridized carbons (Fsp3) is 0.938. The third-order valence-corrected chi connectivity index (χ3v) is 7.25. The van der Waals surface area contributed by atoms with Gasteiger partial charge in [0, 0.05) is 13.5 Å². The number of esters is 1. The van der Waals surface area contributed by atoms with Gasteiger partial charge in [0.05, 0.1) is 0 Å². The van der Waals surface area contributed by atoms with Gasteiger partial charge in [-0.2, -0.15) is 0 Å². The minimum atomic E-state index is -0.622. The third kappa shape index (κ3) is 26.0. The van der Waals surface area contributed by atoms with Gasteiger partial charge in [0.15, 0.2) is 6.10 Å². The molecule has 0 radical (unpaired) electrons. The molecule has 1 N–H and O–H groups in total. The van der Waals surface area contributed by atoms with E-state index in [0.717, 1.165) is 25.7 Å². The smallest absolute Gasteiger partial charge is 0.303 e. The Kier molecular flexibility index (Phi) is 27.7. The molecule has 0 saturated carbocycles. The molecule has 0 heterocycles. The van der Waals surface area contributed by atoms with Gasteiger partial charge in [-0.05, 0) is 19.3 Å². The Morgan fingerprint density at radius 2 is 0.861 bits per heavy atom. The molecule has 0 fully saturated rings. The summed E-state index contributed by atoms with van der Waals surface area (Å²) in [7, 11) is 0. The molecular weight excluding hydrogens is 446 g/mol. The molecule has 4 heteroatoms. The van der Waals surface area contributed by atoms with Crippen LogP contribution in [-0.4, -0.2) is 24.5 Å². The van der Waals surface area contributed by atoms with Crippen molar-refractivity contribution in [1.29, 1.82) is 0 Å². The van der Waals surface area contributed by atoms with E-state index in [9.17, 15) is 9.59 Å². The number of carbonyl (C=O) groups excluding carboxylic acids is 2. The summed E-state index contributed by atoms with van der Waals surface area (Å²) in [5, 5.41) is 3.00. The molecule has 0 aromatic rings. The van der Waals surface area contributed by atoms with Crippen LogP contribution in [0.4, 0.5) is 0 Å². The van der Waals surface area contributed by atoms with Gasteiger partial charge in [0.2, 0.25) is 0 Å². The average molecular weight is 510 g/mol. The van der Waals surface area contributed by atoms with Crippen molar-refractivity contribution in [3.8, 4) is 0 Å². The van der Waals surface area contributed by atoms with Gasteiger partial charge in [-0.1, -0.05) is 155 Å². The zero-order valence-electron chi connectivity index (χ0n) is 24.7. The Bertz CT molecular complexity index is 480. The van der Waals surface area contributed by atoms with E-state index in [1.54, 1.807) is 0 Å². The fourth-order valence-electron chi connectivity index (χ4n) is 4.91. The van der Waals surface area contributed by atoms with E-state index >= 15 is 0 Å². The molecule has 0 spiro atoms. The highest BCUT2D eigenvalue weighted by Gasteiger charge is 2.20. The number of hydrogen-bond acceptors (Lipinski definition) is 3. The molecule has 0 rings (SSSR count). The molecule has 0 bridgehead atoms. The summed E-state index contributed by atoms with van der Waals surface area (Å²) in [5.41, 5.74) is 0. The minimum Gasteiger partial charge on any atom is -0.452 e. The van der Waals surface area contributed by atoms with Crippen molar-refractivity contribution < 1.29 is 14.3 Å². The molecule has 0 aliphatic carbocycles. The van der Waals surface area contributed by atoms with Crippen molar-refractivity contribution in [2.24, 2.45) is 0 Å². The Hall–Kier alpha value is -1.06. The molecule has 0 aromatic carbocycles. The van der Waals surface area contributed by atoms with Crippen LogP contribution in [0.15, 0.2) is 0 Å². The van der Waals surface area contributed by atoms with E-state index in [2.05, 4.69) is 19.2 Å². The molecule has 1 atom stereocenters. The Balaban J connectivity index is 3.59. The van der Waals surface area contributed by atoms with E-state index < -0.39 is 6.10 Å². The van der Waals surface area contributed by atoms with Gasteiger partial charge in [-0.15, -0.1) is 0 Å². The van der Waals surface area contributed by atoms with E-state index in [0.29, 0.717) is 13.0 Å². The summed E-state index contributed by atoms with van der Waals surface area (Å²) in [5.74, 6) is -0.480. The topological polar surface area (TPSA) is 55.4 Å². The summed E-state index contributed by atoms with van der Waals surface area (Å²) in [6.07, 6.45) is 31.3. The second kappa shape index (κ2) is 28.5. The van der Waals surface area contributed by atoms with E-state index in [-0.39, 0.29) is 11.9 Å². The fourth-order valence-corrected chi connectivity index (χ4v) is 4.91. The number of unbranched alkanes of at least 4 members (excludes halogenated alkanes) is 22. The quantitative estimate of drug-likeness (QED) is 0.0843. The van der Waals surface area contributed by atoms with Crippen molar-refractivity contribution in [3.63, 3.8) is 0 Å². The largest absolute Gasteiger partial charge is 0.452 e. The SMILES string of the molecule is CCCCCCCCCCCCCCCCCCNC(=O)C(CCCCCCCCCC)OC(C)=O. The number of nitrogens with one attached hydrogen (secondary N) is 1. The van der Waals surface area contributed by atoms with Crippen LogP contribution in [-0.2, 0) is 14.3 Å². The molecule has 1 amide bonds. The average Bonchev–Trinajstić information content (AvgIpc) is 2.86. The van der Waals surface area contributed by atoms with Gasteiger partial charge in [0.1, 0.15) is 0 Å². The summed E-state index contributed by atoms with van der Waals surface area (Å²) < 4.78 is 5.30. The lowest BCUT2D eigenvalue weighted by Gasteiger charge is -2.16. The molecule has 0 saturated heterocycles. The normalized spacial score (nSPS) is 12.0. The highest BCUT2D eigenvalue weighted by molar-refractivity contribution is 5.83. The first kappa shape index (κ1) is 34.9. The van der Waals surface area contributed by atoms with Crippen LogP contribution in [0.2, 0.25) is 0 Å². The number of rotatable bonds is 28. The maximum atomic E-state index is 12.5. The van der Waals surface area contributed by atoms with E-state index in [4.69, 9.17) is 4.74 Å². The zero-order valence-corrected chi connectivity index (χ0v) is 24.7. The predicted molar refractivity (Wildman–Crippen MR) is 155 cm³/mol. The van der Waals surface area contributed by atoms with Crippen LogP contribution in [0, 0.1) is 0 Å². The molecule has 0 aliphatic heterocycles. The van der Waals surface area contributed by atoms with Crippen molar-refractivity contribution in [1.82, 2.24) is 5.32 Å². The monoisotopic (exact) mass is 509 g/mol. The lowest BCUT2D eigenvalue weighted by atomic mass is 10.0. The van der Waals surface area contributed by atoms with Crippen LogP contribution in [0.5, 0.6) is 0 Å². The van der Waals surface area contributed by atoms with Gasteiger partial charge < -0.3 is 10.1 Å². The van der Waals surface area contributed by atoms with Crippen LogP contribution >= 0.6 is 0 Å². The summed E-state index contributed by atoms with van der Waals surface area (Å²) in [4.78, 5) is 23.9. The number of ether oxygens (including phenoxy) is 1. The maximum Gasteiger partial charge on any atom is 0.303 e. The number of carbonyl (C=O) groups is 2. The first-order chi connectivity index (χ1) is 17.6.